The molecule has 31 heavy (non-hydrogen) atoms. The van der Waals surface area contributed by atoms with Gasteiger partial charge in [0, 0.05) is 20.9 Å². The molecule has 0 aliphatic heterocycles. The lowest BCUT2D eigenvalue weighted by Gasteiger charge is -2.27. The van der Waals surface area contributed by atoms with Gasteiger partial charge >= 0.3 is 7.75 Å². The molecule has 0 bridgehead atoms. The monoisotopic (exact) mass is 447 g/mol. The molecule has 9 heteroatoms. The summed E-state index contributed by atoms with van der Waals surface area (Å²) in [7, 11) is -1.15. The summed E-state index contributed by atoms with van der Waals surface area (Å²) < 4.78 is 35.6. The van der Waals surface area contributed by atoms with Crippen LogP contribution in [0.15, 0.2) is 41.3 Å². The molecule has 0 atom stereocenters. The number of hydrogen-bond donors (Lipinski definition) is 0. The van der Waals surface area contributed by atoms with E-state index in [2.05, 4.69) is 9.80 Å². The minimum atomic E-state index is -4.28. The van der Waals surface area contributed by atoms with Crippen molar-refractivity contribution in [3.05, 3.63) is 58.0 Å². The van der Waals surface area contributed by atoms with Crippen LogP contribution in [-0.2, 0) is 15.4 Å². The topological polar surface area (TPSA) is 103 Å². The molecule has 0 spiro atoms. The lowest BCUT2D eigenvalue weighted by Crippen LogP contribution is -2.15. The molecule has 0 unspecified atom stereocenters. The molecule has 0 fully saturated rings. The second-order valence-electron chi connectivity index (χ2n) is 9.05. The quantitative estimate of drug-likeness (QED) is 0.194. The van der Waals surface area contributed by atoms with Crippen LogP contribution in [0.4, 0.5) is 0 Å². The zero-order valence-electron chi connectivity index (χ0n) is 19.3. The first-order chi connectivity index (χ1) is 14.3. The number of benzene rings is 2. The van der Waals surface area contributed by atoms with Crippen molar-refractivity contribution < 1.29 is 23.1 Å². The van der Waals surface area contributed by atoms with E-state index in [0.717, 1.165) is 11.1 Å². The van der Waals surface area contributed by atoms with Gasteiger partial charge in [-0.05, 0) is 52.8 Å². The smallest absolute Gasteiger partial charge is 0.497 e. The van der Waals surface area contributed by atoms with Crippen LogP contribution in [-0.4, -0.2) is 14.2 Å². The number of methoxy groups -OCH3 is 2. The van der Waals surface area contributed by atoms with E-state index in [0.29, 0.717) is 11.5 Å². The van der Waals surface area contributed by atoms with Gasteiger partial charge in [-0.3, -0.25) is 0 Å². The average Bonchev–Trinajstić information content (AvgIpc) is 2.67. The van der Waals surface area contributed by atoms with Gasteiger partial charge in [0.25, 0.3) is 0 Å². The zero-order valence-corrected chi connectivity index (χ0v) is 20.2. The van der Waals surface area contributed by atoms with Crippen molar-refractivity contribution in [3.63, 3.8) is 0 Å². The third-order valence-electron chi connectivity index (χ3n) is 4.57. The highest BCUT2D eigenvalue weighted by Gasteiger charge is 2.33. The Kier molecular flexibility index (Phi) is 7.20. The van der Waals surface area contributed by atoms with E-state index in [1.807, 2.05) is 41.5 Å². The minimum absolute atomic E-state index is 0.287. The SMILES string of the molecule is COc1ccc(OP(=O)(N=[N+]=[N-])Oc2ccc(OC)cc2C(C)(C)C)c(C(C)(C)C)c1. The van der Waals surface area contributed by atoms with Crippen LogP contribution in [0.5, 0.6) is 23.0 Å². The highest BCUT2D eigenvalue weighted by Crippen LogP contribution is 2.53. The molecule has 0 saturated carbocycles. The van der Waals surface area contributed by atoms with Gasteiger partial charge in [-0.2, -0.15) is 0 Å². The largest absolute Gasteiger partial charge is 0.525 e. The molecule has 0 aliphatic carbocycles. The lowest BCUT2D eigenvalue weighted by molar-refractivity contribution is 0.372. The number of ether oxygens (including phenoxy) is 2. The Bertz CT molecular complexity index is 963. The molecular formula is C22H30N3O5P. The summed E-state index contributed by atoms with van der Waals surface area (Å²) in [6.07, 6.45) is 0. The predicted octanol–water partition coefficient (Wildman–Crippen LogP) is 7.18. The van der Waals surface area contributed by atoms with Crippen LogP contribution in [0.25, 0.3) is 10.4 Å². The number of hydrogen-bond acceptors (Lipinski definition) is 5. The molecule has 0 aromatic heterocycles. The second-order valence-corrected chi connectivity index (χ2v) is 10.5. The Morgan fingerprint density at radius 1 is 0.806 bits per heavy atom. The fraction of sp³-hybridized carbons (Fsp3) is 0.455. The van der Waals surface area contributed by atoms with Crippen molar-refractivity contribution >= 4 is 7.75 Å². The van der Waals surface area contributed by atoms with Gasteiger partial charge in [-0.25, -0.2) is 4.57 Å². The van der Waals surface area contributed by atoms with Crippen molar-refractivity contribution in [1.82, 2.24) is 0 Å². The molecule has 0 aliphatic rings. The van der Waals surface area contributed by atoms with Crippen LogP contribution in [0, 0.1) is 0 Å². The third kappa shape index (κ3) is 6.09. The van der Waals surface area contributed by atoms with Crippen LogP contribution < -0.4 is 18.5 Å². The van der Waals surface area contributed by atoms with Crippen LogP contribution in [0.1, 0.15) is 52.7 Å². The molecule has 0 saturated heterocycles. The molecule has 0 amide bonds. The maximum atomic E-state index is 13.5. The summed E-state index contributed by atoms with van der Waals surface area (Å²) in [5, 5.41) is 0. The van der Waals surface area contributed by atoms with Crippen molar-refractivity contribution in [3.8, 4) is 23.0 Å². The summed E-state index contributed by atoms with van der Waals surface area (Å²) in [5.74, 6) is 1.83. The summed E-state index contributed by atoms with van der Waals surface area (Å²) in [5.41, 5.74) is 9.81. The molecule has 2 rings (SSSR count). The van der Waals surface area contributed by atoms with Gasteiger partial charge in [-0.15, -0.1) is 0 Å². The second kappa shape index (κ2) is 9.13. The average molecular weight is 447 g/mol. The van der Waals surface area contributed by atoms with Crippen LogP contribution in [0.2, 0.25) is 0 Å². The Balaban J connectivity index is 2.55. The third-order valence-corrected chi connectivity index (χ3v) is 5.72. The van der Waals surface area contributed by atoms with Crippen molar-refractivity contribution in [2.45, 2.75) is 52.4 Å². The highest BCUT2D eigenvalue weighted by molar-refractivity contribution is 7.53. The first-order valence-corrected chi connectivity index (χ1v) is 11.3. The first kappa shape index (κ1) is 24.4. The lowest BCUT2D eigenvalue weighted by atomic mass is 9.86. The van der Waals surface area contributed by atoms with E-state index in [1.165, 1.54) is 0 Å². The van der Waals surface area contributed by atoms with Gasteiger partial charge in [0.2, 0.25) is 0 Å². The number of rotatable bonds is 7. The first-order valence-electron chi connectivity index (χ1n) is 9.76. The Morgan fingerprint density at radius 2 is 1.19 bits per heavy atom. The number of azide groups is 1. The van der Waals surface area contributed by atoms with E-state index in [-0.39, 0.29) is 22.3 Å². The molecule has 0 radical (unpaired) electrons. The molecular weight excluding hydrogens is 417 g/mol. The van der Waals surface area contributed by atoms with Crippen LogP contribution in [0.3, 0.4) is 0 Å². The van der Waals surface area contributed by atoms with Crippen molar-refractivity contribution in [1.29, 1.82) is 0 Å². The maximum Gasteiger partial charge on any atom is 0.525 e. The summed E-state index contributed by atoms with van der Waals surface area (Å²) in [6, 6.07) is 10.2. The molecule has 8 nitrogen and oxygen atoms in total. The van der Waals surface area contributed by atoms with Crippen molar-refractivity contribution in [2.24, 2.45) is 4.88 Å². The van der Waals surface area contributed by atoms with Gasteiger partial charge in [-0.1, -0.05) is 41.5 Å². The molecule has 168 valence electrons. The van der Waals surface area contributed by atoms with E-state index >= 15 is 0 Å². The van der Waals surface area contributed by atoms with E-state index in [4.69, 9.17) is 24.1 Å². The minimum Gasteiger partial charge on any atom is -0.497 e. The standard InChI is InChI=1S/C22H30N3O5P/c1-21(2,3)17-13-15(27-7)9-11-19(17)29-31(26,25-24-23)30-20-12-10-16(28-8)14-18(20)22(4,5)6/h9-14H,1-8H3. The summed E-state index contributed by atoms with van der Waals surface area (Å²) in [6.45, 7) is 11.9. The zero-order chi connectivity index (χ0) is 23.4. The fourth-order valence-electron chi connectivity index (χ4n) is 2.96. The van der Waals surface area contributed by atoms with Gasteiger partial charge in [0.1, 0.15) is 23.0 Å². The summed E-state index contributed by atoms with van der Waals surface area (Å²) >= 11 is 0. The van der Waals surface area contributed by atoms with E-state index < -0.39 is 7.75 Å². The van der Waals surface area contributed by atoms with Crippen LogP contribution >= 0.6 is 7.75 Å². The Morgan fingerprint density at radius 3 is 1.48 bits per heavy atom. The molecule has 2 aromatic carbocycles. The van der Waals surface area contributed by atoms with Crippen molar-refractivity contribution in [2.75, 3.05) is 14.2 Å². The Labute approximate surface area is 183 Å². The number of nitrogens with zero attached hydrogens (tertiary/aromatic N) is 3. The van der Waals surface area contributed by atoms with Gasteiger partial charge < -0.3 is 18.5 Å². The highest BCUT2D eigenvalue weighted by atomic mass is 31.2. The van der Waals surface area contributed by atoms with E-state index in [1.54, 1.807) is 50.6 Å². The van der Waals surface area contributed by atoms with Gasteiger partial charge in [0.05, 0.1) is 14.2 Å². The molecule has 2 aromatic rings. The Hall–Kier alpha value is -2.82. The molecule has 0 N–H and O–H groups in total. The van der Waals surface area contributed by atoms with E-state index in [9.17, 15) is 4.57 Å². The summed E-state index contributed by atoms with van der Waals surface area (Å²) in [4.78, 5) is 6.12. The maximum absolute atomic E-state index is 13.5. The normalized spacial score (nSPS) is 12.0. The predicted molar refractivity (Wildman–Crippen MR) is 121 cm³/mol. The van der Waals surface area contributed by atoms with Gasteiger partial charge in [0.15, 0.2) is 0 Å². The fourth-order valence-corrected chi connectivity index (χ4v) is 3.98. The molecule has 0 heterocycles.